The summed E-state index contributed by atoms with van der Waals surface area (Å²) in [6.45, 7) is 0. The number of rotatable bonds is 14. The van der Waals surface area contributed by atoms with Crippen LogP contribution in [0, 0.1) is 0 Å². The number of allylic oxidation sites excluding steroid dienone is 2. The van der Waals surface area contributed by atoms with Gasteiger partial charge in [-0.25, -0.2) is 0 Å². The third-order valence-corrected chi connectivity index (χ3v) is 5.99. The number of hydrogen-bond donors (Lipinski definition) is 0. The normalized spacial score (nSPS) is 17.3. The first-order chi connectivity index (χ1) is 21.7. The third kappa shape index (κ3) is 5.99. The fourth-order valence-corrected chi connectivity index (χ4v) is 2.77. The van der Waals surface area contributed by atoms with Crippen molar-refractivity contribution in [1.82, 2.24) is 0 Å². The van der Waals surface area contributed by atoms with Crippen LogP contribution >= 0.6 is 0 Å². The average Bonchev–Trinajstić information content (AvgIpc) is 2.89. The maximum atomic E-state index is 13.6. The Morgan fingerprint density at radius 1 is 0.154 bits per heavy atom. The molecule has 0 saturated heterocycles. The summed E-state index contributed by atoms with van der Waals surface area (Å²) in [7, 11) is 0. The highest BCUT2D eigenvalue weighted by molar-refractivity contribution is 5.22. The van der Waals surface area contributed by atoms with Crippen molar-refractivity contribution >= 4 is 0 Å². The van der Waals surface area contributed by atoms with E-state index in [0.29, 0.717) is 0 Å². The summed E-state index contributed by atoms with van der Waals surface area (Å²) in [5.74, 6) is -127. The summed E-state index contributed by atoms with van der Waals surface area (Å²) in [5, 5.41) is 0. The van der Waals surface area contributed by atoms with E-state index in [0.717, 1.165) is 0 Å². The van der Waals surface area contributed by atoms with E-state index in [4.69, 9.17) is 0 Å². The van der Waals surface area contributed by atoms with Crippen molar-refractivity contribution in [2.45, 2.75) is 95.3 Å². The molecule has 0 spiro atoms. The molecule has 0 aromatic carbocycles. The molecule has 0 nitrogen and oxygen atoms in total. The van der Waals surface area contributed by atoms with Crippen molar-refractivity contribution in [3.8, 4) is 0 Å². The summed E-state index contributed by atoms with van der Waals surface area (Å²) in [4.78, 5) is 0. The number of alkyl halides is 34. The van der Waals surface area contributed by atoms with Crippen LogP contribution in [0.5, 0.6) is 0 Å². The van der Waals surface area contributed by atoms with Crippen molar-refractivity contribution in [3.05, 3.63) is 12.2 Å². The van der Waals surface area contributed by atoms with Crippen LogP contribution in [0.3, 0.4) is 0 Å². The van der Waals surface area contributed by atoms with E-state index in [2.05, 4.69) is 0 Å². The minimum Gasteiger partial charge on any atom is -0.195 e. The van der Waals surface area contributed by atoms with Gasteiger partial charge in [0.2, 0.25) is 0 Å². The van der Waals surface area contributed by atoms with Crippen LogP contribution in [0.25, 0.3) is 0 Å². The Morgan fingerprint density at radius 2 is 0.269 bits per heavy atom. The second-order valence-electron chi connectivity index (χ2n) is 9.47. The molecule has 0 aliphatic heterocycles. The van der Waals surface area contributed by atoms with Crippen molar-refractivity contribution < 1.29 is 149 Å². The van der Waals surface area contributed by atoms with E-state index in [-0.39, 0.29) is 0 Å². The summed E-state index contributed by atoms with van der Waals surface area (Å²) in [6.07, 6.45) is -23.4. The van der Waals surface area contributed by atoms with Gasteiger partial charge in [0.1, 0.15) is 0 Å². The van der Waals surface area contributed by atoms with E-state index in [1.165, 1.54) is 0 Å². The molecule has 0 aromatic rings. The first-order valence-corrected chi connectivity index (χ1v) is 10.8. The van der Waals surface area contributed by atoms with Crippen molar-refractivity contribution in [1.29, 1.82) is 0 Å². The predicted octanol–water partition coefficient (Wildman–Crippen LogP) is 11.6. The second-order valence-corrected chi connectivity index (χ2v) is 9.47. The van der Waals surface area contributed by atoms with E-state index in [1.807, 2.05) is 0 Å². The highest BCUT2D eigenvalue weighted by atomic mass is 19.4. The van der Waals surface area contributed by atoms with Crippen LogP contribution in [0.2, 0.25) is 0 Å². The summed E-state index contributed by atoms with van der Waals surface area (Å²) in [5.41, 5.74) is 0. The molecule has 0 rings (SSSR count). The largest absolute Gasteiger partial charge is 0.460 e. The zero-order chi connectivity index (χ0) is 43.4. The maximum absolute atomic E-state index is 13.6. The first kappa shape index (κ1) is 49.4. The zero-order valence-electron chi connectivity index (χ0n) is 22.0. The second kappa shape index (κ2) is 11.9. The fraction of sp³-hybridized carbons (Fsp3) is 0.889. The van der Waals surface area contributed by atoms with Crippen LogP contribution in [-0.4, -0.2) is 95.3 Å². The van der Waals surface area contributed by atoms with E-state index >= 15 is 0 Å². The lowest BCUT2D eigenvalue weighted by Gasteiger charge is -2.43. The van der Waals surface area contributed by atoms with Gasteiger partial charge in [-0.15, -0.1) is 0 Å². The molecule has 0 amide bonds. The molecule has 0 aliphatic carbocycles. The molecule has 34 heteroatoms. The molecule has 52 heavy (non-hydrogen) atoms. The quantitative estimate of drug-likeness (QED) is 0.121. The lowest BCUT2D eigenvalue weighted by Crippen LogP contribution is -2.74. The third-order valence-electron chi connectivity index (χ3n) is 5.99. The Balaban J connectivity index is 7.32. The maximum Gasteiger partial charge on any atom is 0.460 e. The first-order valence-electron chi connectivity index (χ1n) is 10.8. The van der Waals surface area contributed by atoms with Gasteiger partial charge in [-0.05, 0) is 12.2 Å². The van der Waals surface area contributed by atoms with E-state index < -0.39 is 107 Å². The molecule has 0 fully saturated rings. The average molecular weight is 864 g/mol. The lowest BCUT2D eigenvalue weighted by molar-refractivity contribution is -0.460. The molecule has 0 bridgehead atoms. The fourth-order valence-electron chi connectivity index (χ4n) is 2.77. The molecule has 0 saturated carbocycles. The molecule has 0 unspecified atom stereocenters. The molecule has 0 atom stereocenters. The Morgan fingerprint density at radius 3 is 0.404 bits per heavy atom. The Labute approximate surface area is 258 Å². The molecule has 0 aliphatic rings. The summed E-state index contributed by atoms with van der Waals surface area (Å²) in [6, 6.07) is 0. The SMILES string of the molecule is FC(F)(F)C(F)(F)C(F)(F)C(F)(F)C(F)(F)C(F)(F)C(F)(F)C(F)(F)/C=C/C(F)(F)C(F)(F)C(F)(F)C(F)(F)C(F)(F)C(F)(F)C(F)(F)C(F)(F)F. The number of hydrogen-bond acceptors (Lipinski definition) is 0. The standard InChI is InChI=1S/C18H2F34/c19-3(20,5(23,24)7(27,28)9(31,32)11(35,36)13(39,40)15(43,44)17(47,48)49)1-2-4(21,22)6(25,26)8(29,30)10(33,34)12(37,38)14(41,42)16(45,46)18(50,51)52/h1-2H/b2-1+. The predicted molar refractivity (Wildman–Crippen MR) is 90.5 cm³/mol. The molecule has 0 radical (unpaired) electrons. The monoisotopic (exact) mass is 864 g/mol. The van der Waals surface area contributed by atoms with Gasteiger partial charge in [-0.1, -0.05) is 0 Å². The van der Waals surface area contributed by atoms with Gasteiger partial charge in [0, 0.05) is 0 Å². The van der Waals surface area contributed by atoms with Crippen LogP contribution < -0.4 is 0 Å². The van der Waals surface area contributed by atoms with Gasteiger partial charge in [0.25, 0.3) is 0 Å². The highest BCUT2D eigenvalue weighted by Gasteiger charge is 2.97. The van der Waals surface area contributed by atoms with E-state index in [1.54, 1.807) is 0 Å². The molecule has 312 valence electrons. The van der Waals surface area contributed by atoms with Gasteiger partial charge in [0.05, 0.1) is 0 Å². The minimum absolute atomic E-state index is 3.44. The minimum atomic E-state index is -9.46. The Hall–Kier alpha value is -2.64. The van der Waals surface area contributed by atoms with Crippen LogP contribution in [-0.2, 0) is 0 Å². The molecular formula is C18H2F34. The lowest BCUT2D eigenvalue weighted by atomic mass is 9.87. The smallest absolute Gasteiger partial charge is 0.195 e. The molecular weight excluding hydrogens is 862 g/mol. The van der Waals surface area contributed by atoms with Gasteiger partial charge >= 0.3 is 95.3 Å². The summed E-state index contributed by atoms with van der Waals surface area (Å²) < 4.78 is 446. The highest BCUT2D eigenvalue weighted by Crippen LogP contribution is 2.66. The van der Waals surface area contributed by atoms with Crippen molar-refractivity contribution in [2.24, 2.45) is 0 Å². The van der Waals surface area contributed by atoms with Crippen molar-refractivity contribution in [2.75, 3.05) is 0 Å². The van der Waals surface area contributed by atoms with Crippen LogP contribution in [0.15, 0.2) is 12.2 Å². The number of halogens is 34. The molecule has 0 N–H and O–H groups in total. The topological polar surface area (TPSA) is 0 Å². The van der Waals surface area contributed by atoms with Gasteiger partial charge in [0.15, 0.2) is 0 Å². The van der Waals surface area contributed by atoms with Gasteiger partial charge < -0.3 is 0 Å². The van der Waals surface area contributed by atoms with Gasteiger partial charge in [-0.3, -0.25) is 0 Å². The zero-order valence-corrected chi connectivity index (χ0v) is 22.0. The van der Waals surface area contributed by atoms with Crippen LogP contribution in [0.1, 0.15) is 0 Å². The molecule has 0 heterocycles. The van der Waals surface area contributed by atoms with Crippen molar-refractivity contribution in [3.63, 3.8) is 0 Å². The summed E-state index contributed by atoms with van der Waals surface area (Å²) >= 11 is 0. The Kier molecular flexibility index (Phi) is 11.3. The van der Waals surface area contributed by atoms with E-state index in [9.17, 15) is 149 Å². The van der Waals surface area contributed by atoms with Crippen LogP contribution in [0.4, 0.5) is 149 Å². The Bertz CT molecular complexity index is 1210. The molecule has 0 aromatic heterocycles. The van der Waals surface area contributed by atoms with Gasteiger partial charge in [-0.2, -0.15) is 149 Å².